The van der Waals surface area contributed by atoms with Crippen LogP contribution in [0.5, 0.6) is 0 Å². The largest absolute Gasteiger partial charge is 0.421 e. The quantitative estimate of drug-likeness (QED) is 0.544. The van der Waals surface area contributed by atoms with E-state index in [9.17, 15) is 26.7 Å². The van der Waals surface area contributed by atoms with Crippen LogP contribution in [0.15, 0.2) is 58.3 Å². The van der Waals surface area contributed by atoms with Crippen LogP contribution in [0.3, 0.4) is 0 Å². The van der Waals surface area contributed by atoms with E-state index in [4.69, 9.17) is 4.74 Å². The lowest BCUT2D eigenvalue weighted by atomic mass is 9.95. The second-order valence-electron chi connectivity index (χ2n) is 9.21. The van der Waals surface area contributed by atoms with Gasteiger partial charge in [0.15, 0.2) is 5.60 Å². The number of morpholine rings is 1. The van der Waals surface area contributed by atoms with Crippen molar-refractivity contribution in [2.45, 2.75) is 34.5 Å². The summed E-state index contributed by atoms with van der Waals surface area (Å²) in [6.45, 7) is 4.68. The minimum atomic E-state index is -4.81. The average Bonchev–Trinajstić information content (AvgIpc) is 2.84. The normalized spacial score (nSPS) is 22.4. The Kier molecular flexibility index (Phi) is 7.94. The van der Waals surface area contributed by atoms with Gasteiger partial charge in [0, 0.05) is 49.9 Å². The van der Waals surface area contributed by atoms with Crippen molar-refractivity contribution in [1.82, 2.24) is 9.21 Å². The molecular formula is C24H30F3N3O4S2. The Balaban J connectivity index is 1.60. The Morgan fingerprint density at radius 3 is 2.28 bits per heavy atom. The Bertz CT molecular complexity index is 1150. The number of piperazine rings is 1. The van der Waals surface area contributed by atoms with Gasteiger partial charge in [-0.15, -0.1) is 12.6 Å². The zero-order chi connectivity index (χ0) is 26.1. The predicted octanol–water partition coefficient (Wildman–Crippen LogP) is 2.96. The number of rotatable bonds is 6. The fourth-order valence-electron chi connectivity index (χ4n) is 4.58. The first-order valence-corrected chi connectivity index (χ1v) is 13.5. The van der Waals surface area contributed by atoms with Crippen LogP contribution >= 0.6 is 12.6 Å². The molecule has 0 aromatic heterocycles. The summed E-state index contributed by atoms with van der Waals surface area (Å²) in [5.41, 5.74) is -2.55. The van der Waals surface area contributed by atoms with Gasteiger partial charge in [-0.1, -0.05) is 24.3 Å². The van der Waals surface area contributed by atoms with Crippen molar-refractivity contribution >= 4 is 28.3 Å². The van der Waals surface area contributed by atoms with Crippen LogP contribution in [-0.4, -0.2) is 87.4 Å². The molecule has 0 saturated carbocycles. The average molecular weight is 546 g/mol. The second-order valence-corrected chi connectivity index (χ2v) is 11.6. The molecule has 12 heteroatoms. The van der Waals surface area contributed by atoms with Crippen molar-refractivity contribution in [3.05, 3.63) is 54.1 Å². The van der Waals surface area contributed by atoms with Crippen LogP contribution in [-0.2, 0) is 20.4 Å². The Morgan fingerprint density at radius 1 is 1.03 bits per heavy atom. The number of anilines is 1. The highest BCUT2D eigenvalue weighted by molar-refractivity contribution is 7.90. The molecule has 2 atom stereocenters. The number of ether oxygens (including phenoxy) is 1. The number of benzene rings is 2. The lowest BCUT2D eigenvalue weighted by Gasteiger charge is -2.44. The van der Waals surface area contributed by atoms with Crippen LogP contribution in [0.1, 0.15) is 12.5 Å². The molecule has 1 N–H and O–H groups in total. The molecule has 2 aromatic carbocycles. The fourth-order valence-corrected chi connectivity index (χ4v) is 6.64. The van der Waals surface area contributed by atoms with E-state index >= 15 is 0 Å². The number of aliphatic hydroxyl groups is 1. The second kappa shape index (κ2) is 10.5. The maximum Gasteiger partial charge on any atom is 0.421 e. The molecular weight excluding hydrogens is 515 g/mol. The van der Waals surface area contributed by atoms with Crippen molar-refractivity contribution < 1.29 is 31.4 Å². The van der Waals surface area contributed by atoms with Gasteiger partial charge in [-0.3, -0.25) is 4.90 Å². The Hall–Kier alpha value is -1.83. The molecule has 2 heterocycles. The number of alkyl halides is 3. The number of halogens is 3. The van der Waals surface area contributed by atoms with E-state index in [0.717, 1.165) is 6.92 Å². The third kappa shape index (κ3) is 5.53. The molecule has 2 saturated heterocycles. The summed E-state index contributed by atoms with van der Waals surface area (Å²) in [4.78, 5) is 4.75. The number of hydrogen-bond donors (Lipinski definition) is 2. The first-order valence-electron chi connectivity index (χ1n) is 11.7. The molecule has 0 aliphatic carbocycles. The van der Waals surface area contributed by atoms with E-state index in [1.54, 1.807) is 30.3 Å². The topological polar surface area (TPSA) is 73.3 Å². The van der Waals surface area contributed by atoms with E-state index in [1.807, 2.05) is 4.90 Å². The number of hydrogen-bond acceptors (Lipinski definition) is 7. The monoisotopic (exact) mass is 545 g/mol. The predicted molar refractivity (Wildman–Crippen MR) is 133 cm³/mol. The molecule has 0 amide bonds. The van der Waals surface area contributed by atoms with Crippen molar-refractivity contribution in [2.75, 3.05) is 57.4 Å². The van der Waals surface area contributed by atoms with Gasteiger partial charge >= 0.3 is 6.18 Å². The Morgan fingerprint density at radius 2 is 1.67 bits per heavy atom. The molecule has 4 rings (SSSR count). The van der Waals surface area contributed by atoms with Gasteiger partial charge in [0.1, 0.15) is 0 Å². The van der Waals surface area contributed by atoms with E-state index in [0.29, 0.717) is 50.0 Å². The van der Waals surface area contributed by atoms with Crippen LogP contribution in [0, 0.1) is 0 Å². The summed E-state index contributed by atoms with van der Waals surface area (Å²) in [5.74, 6) is 0. The zero-order valence-electron chi connectivity index (χ0n) is 19.9. The minimum Gasteiger partial charge on any atom is -0.379 e. The van der Waals surface area contributed by atoms with Gasteiger partial charge in [0.05, 0.1) is 24.2 Å². The summed E-state index contributed by atoms with van der Waals surface area (Å²) < 4.78 is 73.6. The van der Waals surface area contributed by atoms with E-state index in [-0.39, 0.29) is 29.6 Å². The van der Waals surface area contributed by atoms with Crippen LogP contribution in [0.2, 0.25) is 0 Å². The van der Waals surface area contributed by atoms with E-state index in [2.05, 4.69) is 17.5 Å². The van der Waals surface area contributed by atoms with Crippen molar-refractivity contribution in [3.8, 4) is 0 Å². The van der Waals surface area contributed by atoms with Crippen LogP contribution < -0.4 is 4.90 Å². The molecule has 2 fully saturated rings. The highest BCUT2D eigenvalue weighted by atomic mass is 32.2. The third-order valence-corrected chi connectivity index (χ3v) is 9.28. The van der Waals surface area contributed by atoms with Crippen molar-refractivity contribution in [2.24, 2.45) is 0 Å². The molecule has 2 aliphatic rings. The van der Waals surface area contributed by atoms with Gasteiger partial charge in [-0.25, -0.2) is 8.42 Å². The zero-order valence-corrected chi connectivity index (χ0v) is 21.6. The van der Waals surface area contributed by atoms with Gasteiger partial charge in [-0.05, 0) is 36.8 Å². The molecule has 0 bridgehead atoms. The minimum absolute atomic E-state index is 0.144. The van der Waals surface area contributed by atoms with Gasteiger partial charge in [-0.2, -0.15) is 17.5 Å². The number of thiol groups is 1. The molecule has 0 unspecified atom stereocenters. The third-order valence-electron chi connectivity index (χ3n) is 6.81. The highest BCUT2D eigenvalue weighted by Gasteiger charge is 2.51. The summed E-state index contributed by atoms with van der Waals surface area (Å²) in [6.07, 6.45) is -4.81. The molecule has 198 valence electrons. The molecule has 0 spiro atoms. The van der Waals surface area contributed by atoms with E-state index < -0.39 is 21.8 Å². The standard InChI is InChI=1S/C24H30F3N3O4S2/c1-23(31,24(25,26)27)18-6-8-19(9-7-18)30-11-10-29(17-20(30)16-28-12-14-34-15-13-28)36(32,33)22-5-3-2-4-21(22)35/h2-9,20,31,35H,10-17H2,1H3/t20-,23+/m0/s1. The number of sulfonamides is 1. The fraction of sp³-hybridized carbons (Fsp3) is 0.500. The number of nitrogens with zero attached hydrogens (tertiary/aromatic N) is 3. The molecule has 7 nitrogen and oxygen atoms in total. The van der Waals surface area contributed by atoms with Crippen LogP contribution in [0.25, 0.3) is 0 Å². The van der Waals surface area contributed by atoms with Gasteiger partial charge < -0.3 is 14.7 Å². The summed E-state index contributed by atoms with van der Waals surface area (Å²) in [5, 5.41) is 10.0. The van der Waals surface area contributed by atoms with Crippen molar-refractivity contribution in [3.63, 3.8) is 0 Å². The lowest BCUT2D eigenvalue weighted by molar-refractivity contribution is -0.258. The van der Waals surface area contributed by atoms with Gasteiger partial charge in [0.2, 0.25) is 10.0 Å². The molecule has 36 heavy (non-hydrogen) atoms. The maximum absolute atomic E-state index is 13.4. The smallest absolute Gasteiger partial charge is 0.379 e. The summed E-state index contributed by atoms with van der Waals surface area (Å²) in [6, 6.07) is 12.0. The lowest BCUT2D eigenvalue weighted by Crippen LogP contribution is -2.59. The maximum atomic E-state index is 13.4. The summed E-state index contributed by atoms with van der Waals surface area (Å²) in [7, 11) is -3.79. The Labute approximate surface area is 214 Å². The van der Waals surface area contributed by atoms with Crippen LogP contribution in [0.4, 0.5) is 18.9 Å². The van der Waals surface area contributed by atoms with Crippen molar-refractivity contribution in [1.29, 1.82) is 0 Å². The first kappa shape index (κ1) is 27.2. The molecule has 2 aliphatic heterocycles. The highest BCUT2D eigenvalue weighted by Crippen LogP contribution is 2.39. The first-order chi connectivity index (χ1) is 16.9. The SMILES string of the molecule is C[C@@](O)(c1ccc(N2CCN(S(=O)(=O)c3ccccc3S)C[C@@H]2CN2CCOCC2)cc1)C(F)(F)F. The molecule has 0 radical (unpaired) electrons. The molecule has 2 aromatic rings. The van der Waals surface area contributed by atoms with Gasteiger partial charge in [0.25, 0.3) is 0 Å². The van der Waals surface area contributed by atoms with E-state index in [1.165, 1.54) is 22.5 Å². The summed E-state index contributed by atoms with van der Waals surface area (Å²) >= 11 is 4.33.